The molecular weight excluding hydrogens is 212 g/mol. The number of rotatable bonds is 8. The van der Waals surface area contributed by atoms with Gasteiger partial charge in [0.15, 0.2) is 0 Å². The second-order valence-electron chi connectivity index (χ2n) is 5.95. The van der Waals surface area contributed by atoms with Gasteiger partial charge in [-0.25, -0.2) is 0 Å². The van der Waals surface area contributed by atoms with E-state index in [9.17, 15) is 0 Å². The van der Waals surface area contributed by atoms with E-state index in [2.05, 4.69) is 46.1 Å². The van der Waals surface area contributed by atoms with Crippen molar-refractivity contribution in [3.05, 3.63) is 11.5 Å². The summed E-state index contributed by atoms with van der Waals surface area (Å²) in [5.41, 5.74) is 2.42. The van der Waals surface area contributed by atoms with E-state index in [4.69, 9.17) is 4.74 Å². The number of hydrogen-bond acceptors (Lipinski definition) is 1. The number of hydrogen-bond donors (Lipinski definition) is 0. The highest BCUT2D eigenvalue weighted by Crippen LogP contribution is 2.17. The molecule has 0 heterocycles. The molecule has 0 aliphatic rings. The second-order valence-corrected chi connectivity index (χ2v) is 11.0. The molecule has 0 amide bonds. The van der Waals surface area contributed by atoms with Crippen LogP contribution in [0.25, 0.3) is 0 Å². The van der Waals surface area contributed by atoms with Crippen LogP contribution < -0.4 is 0 Å². The van der Waals surface area contributed by atoms with Gasteiger partial charge in [0.05, 0.1) is 19.9 Å². The average Bonchev–Trinajstić information content (AvgIpc) is 2.08. The first-order chi connectivity index (χ1) is 7.35. The Bertz CT molecular complexity index is 201. The zero-order chi connectivity index (χ0) is 12.6. The van der Waals surface area contributed by atoms with Crippen molar-refractivity contribution in [1.29, 1.82) is 0 Å². The van der Waals surface area contributed by atoms with Crippen LogP contribution in [-0.2, 0) is 4.74 Å². The van der Waals surface area contributed by atoms with E-state index >= 15 is 0 Å². The Hall–Kier alpha value is -0.243. The molecule has 0 saturated carbocycles. The Morgan fingerprint density at radius 3 is 2.19 bits per heavy atom. The van der Waals surface area contributed by atoms with E-state index in [0.717, 1.165) is 6.42 Å². The topological polar surface area (TPSA) is 9.23 Å². The van der Waals surface area contributed by atoms with Gasteiger partial charge in [-0.1, -0.05) is 51.5 Å². The molecule has 0 aliphatic carbocycles. The third kappa shape index (κ3) is 10.3. The third-order valence-corrected chi connectivity index (χ3v) is 3.45. The predicted molar refractivity (Wildman–Crippen MR) is 76.4 cm³/mol. The highest BCUT2D eigenvalue weighted by Gasteiger charge is 2.12. The van der Waals surface area contributed by atoms with E-state index < -0.39 is 8.07 Å². The van der Waals surface area contributed by atoms with Gasteiger partial charge in [0.1, 0.15) is 0 Å². The van der Waals surface area contributed by atoms with Crippen LogP contribution in [0.4, 0.5) is 0 Å². The van der Waals surface area contributed by atoms with Crippen molar-refractivity contribution in [3.63, 3.8) is 0 Å². The van der Waals surface area contributed by atoms with Crippen LogP contribution >= 0.6 is 0 Å². The Labute approximate surface area is 103 Å². The van der Waals surface area contributed by atoms with Crippen LogP contribution in [0, 0.1) is 0 Å². The Balaban J connectivity index is 4.17. The lowest BCUT2D eigenvalue weighted by Gasteiger charge is -2.18. The van der Waals surface area contributed by atoms with Crippen LogP contribution in [0.2, 0.25) is 19.6 Å². The molecule has 0 spiro atoms. The first-order valence-corrected chi connectivity index (χ1v) is 10.3. The normalized spacial score (nSPS) is 13.3. The summed E-state index contributed by atoms with van der Waals surface area (Å²) in [5, 5.41) is 0. The van der Waals surface area contributed by atoms with Crippen LogP contribution in [0.15, 0.2) is 11.5 Å². The number of allylic oxidation sites excluding steroid dienone is 1. The molecule has 16 heavy (non-hydrogen) atoms. The summed E-state index contributed by atoms with van der Waals surface area (Å²) in [5.74, 6) is 1.24. The second kappa shape index (κ2) is 7.94. The molecule has 0 aromatic carbocycles. The van der Waals surface area contributed by atoms with Crippen LogP contribution in [-0.4, -0.2) is 14.2 Å². The fourth-order valence-electron chi connectivity index (χ4n) is 1.68. The van der Waals surface area contributed by atoms with Crippen LogP contribution in [0.3, 0.4) is 0 Å². The lowest BCUT2D eigenvalue weighted by atomic mass is 10.1. The SMILES string of the molecule is CCCCCC/C(=C\[Si](C)(C)C)OC(C)C. The van der Waals surface area contributed by atoms with E-state index in [1.54, 1.807) is 0 Å². The van der Waals surface area contributed by atoms with Gasteiger partial charge in [-0.15, -0.1) is 0 Å². The minimum absolute atomic E-state index is 0.314. The Kier molecular flexibility index (Phi) is 7.82. The zero-order valence-corrected chi connectivity index (χ0v) is 13.1. The van der Waals surface area contributed by atoms with Gasteiger partial charge in [0.2, 0.25) is 0 Å². The molecular formula is C14H30OSi. The van der Waals surface area contributed by atoms with E-state index in [1.165, 1.54) is 31.4 Å². The molecule has 0 aromatic heterocycles. The van der Waals surface area contributed by atoms with Crippen molar-refractivity contribution >= 4 is 8.07 Å². The molecule has 0 aliphatic heterocycles. The van der Waals surface area contributed by atoms with Crippen molar-refractivity contribution in [1.82, 2.24) is 0 Å². The van der Waals surface area contributed by atoms with Crippen molar-refractivity contribution in [2.75, 3.05) is 0 Å². The molecule has 0 atom stereocenters. The van der Waals surface area contributed by atoms with Crippen molar-refractivity contribution in [2.45, 2.75) is 78.6 Å². The Morgan fingerprint density at radius 2 is 1.75 bits per heavy atom. The molecule has 0 N–H and O–H groups in total. The number of ether oxygens (including phenoxy) is 1. The molecule has 0 unspecified atom stereocenters. The Morgan fingerprint density at radius 1 is 1.12 bits per heavy atom. The van der Waals surface area contributed by atoms with E-state index in [1.807, 2.05) is 0 Å². The first kappa shape index (κ1) is 15.8. The summed E-state index contributed by atoms with van der Waals surface area (Å²) >= 11 is 0. The van der Waals surface area contributed by atoms with Crippen molar-refractivity contribution < 1.29 is 4.74 Å². The summed E-state index contributed by atoms with van der Waals surface area (Å²) in [7, 11) is -1.14. The summed E-state index contributed by atoms with van der Waals surface area (Å²) < 4.78 is 5.90. The van der Waals surface area contributed by atoms with Gasteiger partial charge in [-0.3, -0.25) is 0 Å². The van der Waals surface area contributed by atoms with Crippen LogP contribution in [0.1, 0.15) is 52.9 Å². The minimum Gasteiger partial charge on any atom is -0.496 e. The maximum atomic E-state index is 5.90. The molecule has 2 heteroatoms. The smallest absolute Gasteiger partial charge is 0.0926 e. The maximum absolute atomic E-state index is 5.90. The largest absolute Gasteiger partial charge is 0.496 e. The summed E-state index contributed by atoms with van der Waals surface area (Å²) in [6.45, 7) is 13.6. The number of unbranched alkanes of at least 4 members (excludes halogenated alkanes) is 3. The van der Waals surface area contributed by atoms with Gasteiger partial charge in [-0.2, -0.15) is 0 Å². The fraction of sp³-hybridized carbons (Fsp3) is 0.857. The molecule has 96 valence electrons. The van der Waals surface area contributed by atoms with Gasteiger partial charge in [0.25, 0.3) is 0 Å². The molecule has 1 nitrogen and oxygen atoms in total. The third-order valence-electron chi connectivity index (χ3n) is 2.26. The summed E-state index contributed by atoms with van der Waals surface area (Å²) in [4.78, 5) is 0. The molecule has 0 rings (SSSR count). The monoisotopic (exact) mass is 242 g/mol. The lowest BCUT2D eigenvalue weighted by molar-refractivity contribution is 0.139. The van der Waals surface area contributed by atoms with Crippen molar-refractivity contribution in [3.8, 4) is 0 Å². The van der Waals surface area contributed by atoms with E-state index in [-0.39, 0.29) is 0 Å². The lowest BCUT2D eigenvalue weighted by Crippen LogP contribution is -2.18. The molecule has 0 radical (unpaired) electrons. The first-order valence-electron chi connectivity index (χ1n) is 6.73. The van der Waals surface area contributed by atoms with Gasteiger partial charge >= 0.3 is 0 Å². The molecule has 0 fully saturated rings. The fourth-order valence-corrected chi connectivity index (χ4v) is 2.86. The predicted octanol–water partition coefficient (Wildman–Crippen LogP) is 5.14. The summed E-state index contributed by atoms with van der Waals surface area (Å²) in [6, 6.07) is 0. The van der Waals surface area contributed by atoms with Gasteiger partial charge in [0, 0.05) is 6.42 Å². The summed E-state index contributed by atoms with van der Waals surface area (Å²) in [6.07, 6.45) is 6.70. The minimum atomic E-state index is -1.14. The highest BCUT2D eigenvalue weighted by atomic mass is 28.3. The van der Waals surface area contributed by atoms with Crippen LogP contribution in [0.5, 0.6) is 0 Å². The molecule has 0 aromatic rings. The molecule has 0 bridgehead atoms. The van der Waals surface area contributed by atoms with E-state index in [0.29, 0.717) is 6.10 Å². The van der Waals surface area contributed by atoms with Crippen molar-refractivity contribution in [2.24, 2.45) is 0 Å². The standard InChI is InChI=1S/C14H30OSi/c1-7-8-9-10-11-14(15-13(2)3)12-16(4,5)6/h12-13H,7-11H2,1-6H3/b14-12+. The highest BCUT2D eigenvalue weighted by molar-refractivity contribution is 6.81. The van der Waals surface area contributed by atoms with Gasteiger partial charge in [-0.05, 0) is 20.3 Å². The molecule has 0 saturated heterocycles. The van der Waals surface area contributed by atoms with Gasteiger partial charge < -0.3 is 4.74 Å². The average molecular weight is 242 g/mol. The zero-order valence-electron chi connectivity index (χ0n) is 12.1. The maximum Gasteiger partial charge on any atom is 0.0926 e. The quantitative estimate of drug-likeness (QED) is 0.325.